The topological polar surface area (TPSA) is 32.3 Å². The van der Waals surface area contributed by atoms with Crippen LogP contribution in [0.5, 0.6) is 0 Å². The molecule has 3 nitrogen and oxygen atoms in total. The van der Waals surface area contributed by atoms with Gasteiger partial charge in [0.05, 0.1) is 12.2 Å². The monoisotopic (exact) mass is 250 g/mol. The molecule has 1 heterocycles. The number of likely N-dealkylation sites (N-methyl/N-ethyl adjacent to an activating group) is 1. The molecule has 0 saturated carbocycles. The van der Waals surface area contributed by atoms with E-state index >= 15 is 0 Å². The standard InChI is InChI=1S/C13H18N2OS/c1-3-10-4-5-11-12(8-10)17-7-6-15(11)13(16)9-14-2/h4-5,8,14H,3,6-7,9H2,1-2H3. The van der Waals surface area contributed by atoms with Crippen LogP contribution in [0, 0.1) is 0 Å². The number of carbonyl (C=O) groups is 1. The number of thioether (sulfide) groups is 1. The molecular formula is C13H18N2OS. The Kier molecular flexibility index (Phi) is 4.07. The van der Waals surface area contributed by atoms with E-state index in [1.165, 1.54) is 10.5 Å². The molecule has 1 N–H and O–H groups in total. The zero-order valence-corrected chi connectivity index (χ0v) is 11.1. The Hall–Kier alpha value is -1.00. The first-order valence-corrected chi connectivity index (χ1v) is 6.95. The first-order chi connectivity index (χ1) is 8.26. The highest BCUT2D eigenvalue weighted by atomic mass is 32.2. The zero-order valence-electron chi connectivity index (χ0n) is 10.3. The van der Waals surface area contributed by atoms with Gasteiger partial charge in [-0.1, -0.05) is 13.0 Å². The minimum absolute atomic E-state index is 0.151. The van der Waals surface area contributed by atoms with Crippen LogP contribution in [0.3, 0.4) is 0 Å². The van der Waals surface area contributed by atoms with Crippen LogP contribution in [0.4, 0.5) is 5.69 Å². The van der Waals surface area contributed by atoms with Gasteiger partial charge in [0.15, 0.2) is 0 Å². The van der Waals surface area contributed by atoms with E-state index in [1.807, 2.05) is 16.7 Å². The molecule has 0 aliphatic carbocycles. The Balaban J connectivity index is 2.28. The molecule has 1 aromatic carbocycles. The lowest BCUT2D eigenvalue weighted by Crippen LogP contribution is -2.40. The first kappa shape index (κ1) is 12.5. The summed E-state index contributed by atoms with van der Waals surface area (Å²) in [4.78, 5) is 15.1. The highest BCUT2D eigenvalue weighted by Gasteiger charge is 2.22. The van der Waals surface area contributed by atoms with Crippen LogP contribution in [0.1, 0.15) is 12.5 Å². The number of nitrogens with zero attached hydrogens (tertiary/aromatic N) is 1. The fourth-order valence-corrected chi connectivity index (χ4v) is 3.04. The quantitative estimate of drug-likeness (QED) is 0.889. The molecule has 0 atom stereocenters. The summed E-state index contributed by atoms with van der Waals surface area (Å²) in [6.45, 7) is 3.36. The molecule has 0 saturated heterocycles. The SMILES string of the molecule is CCc1ccc2c(c1)SCCN2C(=O)CNC. The summed E-state index contributed by atoms with van der Waals surface area (Å²) >= 11 is 1.84. The summed E-state index contributed by atoms with van der Waals surface area (Å²) < 4.78 is 0. The lowest BCUT2D eigenvalue weighted by molar-refractivity contribution is -0.117. The van der Waals surface area contributed by atoms with Crippen LogP contribution in [-0.4, -0.2) is 31.8 Å². The number of amides is 1. The number of aryl methyl sites for hydroxylation is 1. The third-order valence-corrected chi connectivity index (χ3v) is 3.95. The number of carbonyl (C=O) groups excluding carboxylic acids is 1. The molecule has 1 aliphatic heterocycles. The maximum Gasteiger partial charge on any atom is 0.240 e. The van der Waals surface area contributed by atoms with Crippen molar-refractivity contribution in [3.8, 4) is 0 Å². The van der Waals surface area contributed by atoms with Gasteiger partial charge in [0.2, 0.25) is 5.91 Å². The Bertz CT molecular complexity index is 420. The molecule has 0 unspecified atom stereocenters. The molecule has 4 heteroatoms. The van der Waals surface area contributed by atoms with Gasteiger partial charge in [-0.15, -0.1) is 11.8 Å². The van der Waals surface area contributed by atoms with Crippen molar-refractivity contribution in [1.82, 2.24) is 5.32 Å². The molecule has 1 aromatic rings. The molecule has 0 bridgehead atoms. The Morgan fingerprint density at radius 1 is 1.53 bits per heavy atom. The third-order valence-electron chi connectivity index (χ3n) is 2.92. The zero-order chi connectivity index (χ0) is 12.3. The van der Waals surface area contributed by atoms with E-state index in [1.54, 1.807) is 7.05 Å². The predicted molar refractivity (Wildman–Crippen MR) is 72.8 cm³/mol. The molecule has 2 rings (SSSR count). The maximum atomic E-state index is 12.0. The van der Waals surface area contributed by atoms with Crippen LogP contribution in [0.25, 0.3) is 0 Å². The third kappa shape index (κ3) is 2.64. The Morgan fingerprint density at radius 3 is 3.06 bits per heavy atom. The molecule has 1 amide bonds. The van der Waals surface area contributed by atoms with Crippen molar-refractivity contribution in [3.05, 3.63) is 23.8 Å². The minimum atomic E-state index is 0.151. The second-order valence-corrected chi connectivity index (χ2v) is 5.22. The van der Waals surface area contributed by atoms with Crippen molar-refractivity contribution >= 4 is 23.4 Å². The summed E-state index contributed by atoms with van der Waals surface area (Å²) in [5.41, 5.74) is 2.40. The van der Waals surface area contributed by atoms with Gasteiger partial charge in [0.25, 0.3) is 0 Å². The van der Waals surface area contributed by atoms with Gasteiger partial charge >= 0.3 is 0 Å². The lowest BCUT2D eigenvalue weighted by Gasteiger charge is -2.29. The largest absolute Gasteiger partial charge is 0.311 e. The maximum absolute atomic E-state index is 12.0. The van der Waals surface area contributed by atoms with Gasteiger partial charge in [-0.25, -0.2) is 0 Å². The number of anilines is 1. The van der Waals surface area contributed by atoms with Crippen molar-refractivity contribution in [3.63, 3.8) is 0 Å². The normalized spacial score (nSPS) is 14.6. The highest BCUT2D eigenvalue weighted by molar-refractivity contribution is 7.99. The van der Waals surface area contributed by atoms with E-state index in [9.17, 15) is 4.79 Å². The summed E-state index contributed by atoms with van der Waals surface area (Å²) in [6, 6.07) is 6.40. The second-order valence-electron chi connectivity index (χ2n) is 4.08. The van der Waals surface area contributed by atoms with Crippen LogP contribution in [0.15, 0.2) is 23.1 Å². The van der Waals surface area contributed by atoms with Crippen molar-refractivity contribution < 1.29 is 4.79 Å². The molecule has 0 radical (unpaired) electrons. The number of rotatable bonds is 3. The van der Waals surface area contributed by atoms with Gasteiger partial charge in [-0.3, -0.25) is 4.79 Å². The first-order valence-electron chi connectivity index (χ1n) is 5.97. The molecule has 0 aromatic heterocycles. The lowest BCUT2D eigenvalue weighted by atomic mass is 10.1. The summed E-state index contributed by atoms with van der Waals surface area (Å²) in [7, 11) is 1.80. The smallest absolute Gasteiger partial charge is 0.240 e. The van der Waals surface area contributed by atoms with Crippen LogP contribution in [0.2, 0.25) is 0 Å². The van der Waals surface area contributed by atoms with Gasteiger partial charge in [-0.2, -0.15) is 0 Å². The molecule has 92 valence electrons. The molecule has 0 fully saturated rings. The highest BCUT2D eigenvalue weighted by Crippen LogP contribution is 2.35. The minimum Gasteiger partial charge on any atom is -0.311 e. The summed E-state index contributed by atoms with van der Waals surface area (Å²) in [5.74, 6) is 1.13. The molecule has 0 spiro atoms. The van der Waals surface area contributed by atoms with Crippen molar-refractivity contribution in [2.75, 3.05) is 30.8 Å². The van der Waals surface area contributed by atoms with Crippen molar-refractivity contribution in [2.45, 2.75) is 18.2 Å². The van der Waals surface area contributed by atoms with Crippen LogP contribution in [-0.2, 0) is 11.2 Å². The van der Waals surface area contributed by atoms with E-state index in [-0.39, 0.29) is 5.91 Å². The number of fused-ring (bicyclic) bond motifs is 1. The Morgan fingerprint density at radius 2 is 2.35 bits per heavy atom. The van der Waals surface area contributed by atoms with E-state index < -0.39 is 0 Å². The molecule has 1 aliphatic rings. The number of hydrogen-bond donors (Lipinski definition) is 1. The van der Waals surface area contributed by atoms with Crippen LogP contribution >= 0.6 is 11.8 Å². The van der Waals surface area contributed by atoms with Gasteiger partial charge in [-0.05, 0) is 31.2 Å². The number of nitrogens with one attached hydrogen (secondary N) is 1. The second kappa shape index (κ2) is 5.56. The van der Waals surface area contributed by atoms with Crippen molar-refractivity contribution in [1.29, 1.82) is 0 Å². The van der Waals surface area contributed by atoms with Crippen molar-refractivity contribution in [2.24, 2.45) is 0 Å². The fraction of sp³-hybridized carbons (Fsp3) is 0.462. The van der Waals surface area contributed by atoms with Gasteiger partial charge < -0.3 is 10.2 Å². The summed E-state index contributed by atoms with van der Waals surface area (Å²) in [5, 5.41) is 2.92. The summed E-state index contributed by atoms with van der Waals surface area (Å²) in [6.07, 6.45) is 1.04. The van der Waals surface area contributed by atoms with E-state index in [4.69, 9.17) is 0 Å². The average Bonchev–Trinajstić information content (AvgIpc) is 2.37. The van der Waals surface area contributed by atoms with E-state index in [0.717, 1.165) is 24.4 Å². The van der Waals surface area contributed by atoms with Gasteiger partial charge in [0, 0.05) is 17.2 Å². The fourth-order valence-electron chi connectivity index (χ4n) is 1.99. The number of hydrogen-bond acceptors (Lipinski definition) is 3. The van der Waals surface area contributed by atoms with Gasteiger partial charge in [0.1, 0.15) is 0 Å². The Labute approximate surface area is 107 Å². The number of benzene rings is 1. The van der Waals surface area contributed by atoms with E-state index in [0.29, 0.717) is 6.54 Å². The average molecular weight is 250 g/mol. The van der Waals surface area contributed by atoms with Crippen LogP contribution < -0.4 is 10.2 Å². The molecular weight excluding hydrogens is 232 g/mol. The molecule has 17 heavy (non-hydrogen) atoms. The predicted octanol–water partition coefficient (Wildman–Crippen LogP) is 1.91. The van der Waals surface area contributed by atoms with E-state index in [2.05, 4.69) is 30.4 Å².